The van der Waals surface area contributed by atoms with Crippen LogP contribution in [0, 0.1) is 5.82 Å². The van der Waals surface area contributed by atoms with Crippen molar-refractivity contribution in [2.75, 3.05) is 20.4 Å². The molecule has 0 radical (unpaired) electrons. The Morgan fingerprint density at radius 2 is 2.00 bits per heavy atom. The zero-order valence-corrected chi connectivity index (χ0v) is 14.6. The van der Waals surface area contributed by atoms with Gasteiger partial charge >= 0.3 is 6.03 Å². The number of halogens is 1. The van der Waals surface area contributed by atoms with E-state index in [0.29, 0.717) is 17.9 Å². The zero-order valence-electron chi connectivity index (χ0n) is 14.6. The van der Waals surface area contributed by atoms with E-state index >= 15 is 0 Å². The average Bonchev–Trinajstić information content (AvgIpc) is 2.95. The van der Waals surface area contributed by atoms with Crippen molar-refractivity contribution < 1.29 is 23.5 Å². The van der Waals surface area contributed by atoms with Crippen LogP contribution in [0.1, 0.15) is 11.1 Å². The number of nitrogens with one attached hydrogen (secondary N) is 2. The number of hydrogen-bond acceptors (Lipinski definition) is 5. The Bertz CT molecular complexity index is 902. The summed E-state index contributed by atoms with van der Waals surface area (Å²) in [5.74, 6) is 0.538. The van der Waals surface area contributed by atoms with Gasteiger partial charge in [-0.2, -0.15) is 0 Å². The Morgan fingerprint density at radius 3 is 2.67 bits per heavy atom. The minimum atomic E-state index is -1.31. The van der Waals surface area contributed by atoms with Gasteiger partial charge in [0.05, 0.1) is 7.11 Å². The molecule has 2 aliphatic heterocycles. The number of fused-ring (bicyclic) bond motifs is 1. The van der Waals surface area contributed by atoms with Crippen LogP contribution in [0.4, 0.5) is 9.18 Å². The van der Waals surface area contributed by atoms with E-state index in [1.54, 1.807) is 7.11 Å². The lowest BCUT2D eigenvalue weighted by atomic mass is 9.89. The highest BCUT2D eigenvalue weighted by atomic mass is 19.1. The number of imide groups is 1. The third-order valence-corrected chi connectivity index (χ3v) is 4.81. The first-order chi connectivity index (χ1) is 13.0. The molecule has 3 amide bonds. The molecule has 2 aromatic carbocycles. The molecule has 140 valence electrons. The SMILES string of the molecule is COc1ccc2c(c1)OCN(CC1(c3ccc(F)cc3)NC(=O)NC1=O)C2. The molecule has 0 saturated carbocycles. The van der Waals surface area contributed by atoms with Crippen LogP contribution in [0.3, 0.4) is 0 Å². The Labute approximate surface area is 155 Å². The molecule has 27 heavy (non-hydrogen) atoms. The van der Waals surface area contributed by atoms with Gasteiger partial charge in [0.2, 0.25) is 0 Å². The fourth-order valence-electron chi connectivity index (χ4n) is 3.44. The summed E-state index contributed by atoms with van der Waals surface area (Å²) < 4.78 is 24.3. The zero-order chi connectivity index (χ0) is 19.0. The predicted octanol–water partition coefficient (Wildman–Crippen LogP) is 1.72. The van der Waals surface area contributed by atoms with Gasteiger partial charge in [-0.25, -0.2) is 9.18 Å². The number of ether oxygens (including phenoxy) is 2. The molecule has 8 heteroatoms. The monoisotopic (exact) mass is 371 g/mol. The molecule has 2 heterocycles. The van der Waals surface area contributed by atoms with Gasteiger partial charge in [0.25, 0.3) is 5.91 Å². The molecule has 1 atom stereocenters. The number of benzene rings is 2. The first-order valence-corrected chi connectivity index (χ1v) is 8.42. The van der Waals surface area contributed by atoms with Crippen LogP contribution < -0.4 is 20.1 Å². The third-order valence-electron chi connectivity index (χ3n) is 4.81. The lowest BCUT2D eigenvalue weighted by Crippen LogP contribution is -2.53. The van der Waals surface area contributed by atoms with E-state index in [1.807, 2.05) is 23.1 Å². The molecule has 2 N–H and O–H groups in total. The second kappa shape index (κ2) is 6.55. The second-order valence-electron chi connectivity index (χ2n) is 6.55. The van der Waals surface area contributed by atoms with Crippen LogP contribution in [-0.4, -0.2) is 37.2 Å². The fourth-order valence-corrected chi connectivity index (χ4v) is 3.44. The quantitative estimate of drug-likeness (QED) is 0.800. The highest BCUT2D eigenvalue weighted by Crippen LogP contribution is 2.32. The summed E-state index contributed by atoms with van der Waals surface area (Å²) in [6.45, 7) is 0.958. The summed E-state index contributed by atoms with van der Waals surface area (Å²) in [6, 6.07) is 10.5. The van der Waals surface area contributed by atoms with Crippen LogP contribution in [0.2, 0.25) is 0 Å². The Morgan fingerprint density at radius 1 is 1.22 bits per heavy atom. The number of nitrogens with zero attached hydrogens (tertiary/aromatic N) is 1. The summed E-state index contributed by atoms with van der Waals surface area (Å²) in [7, 11) is 1.59. The molecular weight excluding hydrogens is 353 g/mol. The standard InChI is InChI=1S/C19H18FN3O4/c1-26-15-7-2-12-9-23(11-27-16(12)8-15)10-19(17(24)21-18(25)22-19)13-3-5-14(20)6-4-13/h2-8H,9-11H2,1H3,(H2,21,22,24,25). The molecule has 7 nitrogen and oxygen atoms in total. The van der Waals surface area contributed by atoms with Crippen molar-refractivity contribution in [3.05, 3.63) is 59.4 Å². The Hall–Kier alpha value is -3.13. The van der Waals surface area contributed by atoms with Crippen molar-refractivity contribution >= 4 is 11.9 Å². The first-order valence-electron chi connectivity index (χ1n) is 8.42. The minimum Gasteiger partial charge on any atom is -0.497 e. The van der Waals surface area contributed by atoms with E-state index in [2.05, 4.69) is 10.6 Å². The summed E-state index contributed by atoms with van der Waals surface area (Å²) >= 11 is 0. The van der Waals surface area contributed by atoms with Crippen molar-refractivity contribution in [1.82, 2.24) is 15.5 Å². The number of rotatable bonds is 4. The number of carbonyl (C=O) groups is 2. The smallest absolute Gasteiger partial charge is 0.322 e. The first kappa shape index (κ1) is 17.3. The maximum absolute atomic E-state index is 13.3. The van der Waals surface area contributed by atoms with E-state index in [0.717, 1.165) is 11.3 Å². The average molecular weight is 371 g/mol. The van der Waals surface area contributed by atoms with Crippen LogP contribution in [0.25, 0.3) is 0 Å². The van der Waals surface area contributed by atoms with Crippen LogP contribution in [0.5, 0.6) is 11.5 Å². The largest absolute Gasteiger partial charge is 0.497 e. The highest BCUT2D eigenvalue weighted by molar-refractivity contribution is 6.07. The molecule has 0 aliphatic carbocycles. The van der Waals surface area contributed by atoms with Crippen molar-refractivity contribution in [1.29, 1.82) is 0 Å². The molecule has 0 bridgehead atoms. The van der Waals surface area contributed by atoms with Gasteiger partial charge < -0.3 is 14.8 Å². The van der Waals surface area contributed by atoms with Gasteiger partial charge in [-0.1, -0.05) is 18.2 Å². The molecule has 1 fully saturated rings. The van der Waals surface area contributed by atoms with Gasteiger partial charge in [-0.05, 0) is 23.8 Å². The lowest BCUT2D eigenvalue weighted by molar-refractivity contribution is -0.125. The maximum Gasteiger partial charge on any atom is 0.322 e. The second-order valence-corrected chi connectivity index (χ2v) is 6.55. The topological polar surface area (TPSA) is 79.9 Å². The minimum absolute atomic E-state index is 0.182. The number of carbonyl (C=O) groups excluding carboxylic acids is 2. The molecule has 1 saturated heterocycles. The predicted molar refractivity (Wildman–Crippen MR) is 93.7 cm³/mol. The van der Waals surface area contributed by atoms with Crippen molar-refractivity contribution in [2.24, 2.45) is 0 Å². The van der Waals surface area contributed by atoms with Crippen molar-refractivity contribution in [2.45, 2.75) is 12.1 Å². The van der Waals surface area contributed by atoms with Crippen molar-refractivity contribution in [3.63, 3.8) is 0 Å². The van der Waals surface area contributed by atoms with E-state index in [4.69, 9.17) is 9.47 Å². The van der Waals surface area contributed by atoms with E-state index in [1.165, 1.54) is 24.3 Å². The Balaban J connectivity index is 1.62. The van der Waals surface area contributed by atoms with Gasteiger partial charge in [-0.15, -0.1) is 0 Å². The molecule has 2 aliphatic rings. The number of amides is 3. The van der Waals surface area contributed by atoms with Crippen molar-refractivity contribution in [3.8, 4) is 11.5 Å². The van der Waals surface area contributed by atoms with Gasteiger partial charge in [0.15, 0.2) is 5.54 Å². The molecule has 0 spiro atoms. The third kappa shape index (κ3) is 3.08. The van der Waals surface area contributed by atoms with Crippen LogP contribution >= 0.6 is 0 Å². The normalized spacial score (nSPS) is 21.9. The van der Waals surface area contributed by atoms with Gasteiger partial charge in [-0.3, -0.25) is 15.0 Å². The summed E-state index contributed by atoms with van der Waals surface area (Å²) in [4.78, 5) is 26.4. The fraction of sp³-hybridized carbons (Fsp3) is 0.263. The highest BCUT2D eigenvalue weighted by Gasteiger charge is 2.49. The molecule has 0 aromatic heterocycles. The summed E-state index contributed by atoms with van der Waals surface area (Å²) in [6.07, 6.45) is 0. The van der Waals surface area contributed by atoms with E-state index < -0.39 is 23.3 Å². The summed E-state index contributed by atoms with van der Waals surface area (Å²) in [5, 5.41) is 4.98. The molecule has 1 unspecified atom stereocenters. The van der Waals surface area contributed by atoms with Gasteiger partial charge in [0.1, 0.15) is 24.0 Å². The number of urea groups is 1. The number of hydrogen-bond donors (Lipinski definition) is 2. The number of methoxy groups -OCH3 is 1. The Kier molecular flexibility index (Phi) is 4.19. The molecule has 2 aromatic rings. The summed E-state index contributed by atoms with van der Waals surface area (Å²) in [5.41, 5.74) is 0.145. The lowest BCUT2D eigenvalue weighted by Gasteiger charge is -2.36. The maximum atomic E-state index is 13.3. The molecular formula is C19H18FN3O4. The van der Waals surface area contributed by atoms with Crippen LogP contribution in [-0.2, 0) is 16.9 Å². The van der Waals surface area contributed by atoms with E-state index in [9.17, 15) is 14.0 Å². The van der Waals surface area contributed by atoms with Crippen LogP contribution in [0.15, 0.2) is 42.5 Å². The van der Waals surface area contributed by atoms with Gasteiger partial charge in [0, 0.05) is 24.7 Å². The van der Waals surface area contributed by atoms with E-state index in [-0.39, 0.29) is 13.3 Å². The molecule has 4 rings (SSSR count).